The zero-order valence-corrected chi connectivity index (χ0v) is 33.1. The van der Waals surface area contributed by atoms with Crippen molar-refractivity contribution in [2.75, 3.05) is 97.4 Å². The van der Waals surface area contributed by atoms with Crippen molar-refractivity contribution in [2.45, 2.75) is 84.0 Å². The Morgan fingerprint density at radius 1 is 0.500 bits per heavy atom. The van der Waals surface area contributed by atoms with Crippen LogP contribution in [0.2, 0.25) is 0 Å². The molecule has 0 aromatic heterocycles. The normalized spacial score (nSPS) is 12.2. The van der Waals surface area contributed by atoms with Crippen LogP contribution < -0.4 is 53.6 Å². The number of amides is 5. The Labute approximate surface area is 317 Å². The molecule has 0 saturated carbocycles. The highest BCUT2D eigenvalue weighted by Gasteiger charge is 2.18. The number of Topliss-reactive ketones (excluding diaryl/α,β-unsaturated/α-hetero) is 1. The number of hydrogen-bond donors (Lipinski definition) is 11. The van der Waals surface area contributed by atoms with Gasteiger partial charge in [-0.25, -0.2) is 0 Å². The van der Waals surface area contributed by atoms with Crippen LogP contribution in [-0.4, -0.2) is 133 Å². The molecule has 16 N–H and O–H groups in total. The molecule has 0 heterocycles. The van der Waals surface area contributed by atoms with Crippen LogP contribution in [-0.2, 0) is 28.8 Å². The summed E-state index contributed by atoms with van der Waals surface area (Å²) in [6.07, 6.45) is 6.56. The highest BCUT2D eigenvalue weighted by molar-refractivity contribution is 7.80. The maximum Gasteiger partial charge on any atom is 0.225 e. The minimum Gasteiger partial charge on any atom is -0.356 e. The van der Waals surface area contributed by atoms with Crippen molar-refractivity contribution >= 4 is 47.9 Å². The molecule has 16 nitrogen and oxygen atoms in total. The van der Waals surface area contributed by atoms with E-state index in [-0.39, 0.29) is 41.2 Å². The summed E-state index contributed by atoms with van der Waals surface area (Å²) < 4.78 is 0. The standard InChI is InChI=1S/C35H70N10O6S/c1-2-3-4-30(46)10-22-44(23-11-34(50)42-20-16-38)26-21-43-35(51)13-25-45(27-28-52)24-12-33(49)39-17-9-29(5-7-31(47)40-18-14-36)6-8-32(48)41-19-15-37/h29,52H,2-28,36-38H2,1H3,(H,39,49)(H,40,47)(H,41,48)(H,42,50)(H,43,51)/p+5. The lowest BCUT2D eigenvalue weighted by Gasteiger charge is -2.20. The predicted molar refractivity (Wildman–Crippen MR) is 203 cm³/mol. The third-order valence-corrected chi connectivity index (χ3v) is 9.10. The molecule has 0 aliphatic carbocycles. The fourth-order valence-electron chi connectivity index (χ4n) is 5.62. The molecule has 0 aliphatic heterocycles. The van der Waals surface area contributed by atoms with Crippen LogP contribution in [0.3, 0.4) is 0 Å². The van der Waals surface area contributed by atoms with E-state index in [0.29, 0.717) is 155 Å². The fraction of sp³-hybridized carbons (Fsp3) is 0.829. The summed E-state index contributed by atoms with van der Waals surface area (Å²) in [5.41, 5.74) is 11.2. The number of hydrogen-bond acceptors (Lipinski definition) is 7. The quantitative estimate of drug-likeness (QED) is 0.0280. The van der Waals surface area contributed by atoms with E-state index >= 15 is 0 Å². The van der Waals surface area contributed by atoms with E-state index in [1.807, 2.05) is 0 Å². The average Bonchev–Trinajstić information content (AvgIpc) is 3.13. The number of quaternary nitrogens is 5. The molecule has 0 aromatic rings. The lowest BCUT2D eigenvalue weighted by atomic mass is 9.93. The van der Waals surface area contributed by atoms with Gasteiger partial charge in [0.15, 0.2) is 0 Å². The monoisotopic (exact) mass is 764 g/mol. The molecule has 0 fully saturated rings. The van der Waals surface area contributed by atoms with Crippen molar-refractivity contribution in [3.05, 3.63) is 0 Å². The first-order valence-electron chi connectivity index (χ1n) is 19.6. The lowest BCUT2D eigenvalue weighted by Crippen LogP contribution is -3.13. The molecule has 0 aliphatic rings. The summed E-state index contributed by atoms with van der Waals surface area (Å²) in [5.74, 6) is 0.743. The second kappa shape index (κ2) is 34.0. The highest BCUT2D eigenvalue weighted by atomic mass is 32.1. The van der Waals surface area contributed by atoms with Crippen LogP contribution in [0.1, 0.15) is 84.0 Å². The van der Waals surface area contributed by atoms with E-state index in [4.69, 9.17) is 0 Å². The number of carbonyl (C=O) groups is 6. The Kier molecular flexibility index (Phi) is 32.1. The molecule has 0 bridgehead atoms. The minimum atomic E-state index is -0.0717. The highest BCUT2D eigenvalue weighted by Crippen LogP contribution is 2.17. The predicted octanol–water partition coefficient (Wildman–Crippen LogP) is -6.12. The maximum atomic E-state index is 12.7. The van der Waals surface area contributed by atoms with E-state index in [1.165, 1.54) is 0 Å². The molecular weight excluding hydrogens is 689 g/mol. The summed E-state index contributed by atoms with van der Waals surface area (Å²) in [6.45, 7) is 10.2. The summed E-state index contributed by atoms with van der Waals surface area (Å²) in [4.78, 5) is 76.3. The molecule has 2 unspecified atom stereocenters. The van der Waals surface area contributed by atoms with Crippen LogP contribution in [0.4, 0.5) is 0 Å². The first-order valence-corrected chi connectivity index (χ1v) is 20.2. The number of thiol groups is 1. The molecule has 0 aromatic carbocycles. The molecule has 0 spiro atoms. The zero-order chi connectivity index (χ0) is 38.8. The molecule has 5 amide bonds. The number of rotatable bonds is 35. The van der Waals surface area contributed by atoms with Crippen molar-refractivity contribution < 1.29 is 55.8 Å². The molecule has 0 rings (SSSR count). The van der Waals surface area contributed by atoms with E-state index in [0.717, 1.165) is 29.2 Å². The van der Waals surface area contributed by atoms with Gasteiger partial charge < -0.3 is 53.6 Å². The molecule has 0 radical (unpaired) electrons. The van der Waals surface area contributed by atoms with Crippen molar-refractivity contribution in [3.8, 4) is 0 Å². The third kappa shape index (κ3) is 29.7. The van der Waals surface area contributed by atoms with E-state index in [1.54, 1.807) is 0 Å². The zero-order valence-electron chi connectivity index (χ0n) is 32.2. The Hall–Kier alpha value is -2.83. The topological polar surface area (TPSA) is 254 Å². The second-order valence-corrected chi connectivity index (χ2v) is 13.9. The van der Waals surface area contributed by atoms with Crippen LogP contribution in [0.25, 0.3) is 0 Å². The summed E-state index contributed by atoms with van der Waals surface area (Å²) in [6, 6.07) is 0. The Bertz CT molecular complexity index is 887. The van der Waals surface area contributed by atoms with Crippen LogP contribution in [0.15, 0.2) is 0 Å². The number of carbonyl (C=O) groups excluding carboxylic acids is 6. The van der Waals surface area contributed by atoms with Crippen molar-refractivity contribution in [1.82, 2.24) is 26.6 Å². The first-order chi connectivity index (χ1) is 25.1. The molecular formula is C35H75N10O6S+5. The number of nitrogens with one attached hydrogen (secondary N) is 7. The lowest BCUT2D eigenvalue weighted by molar-refractivity contribution is -0.897. The summed E-state index contributed by atoms with van der Waals surface area (Å²) >= 11 is 4.38. The maximum absolute atomic E-state index is 12.7. The first kappa shape index (κ1) is 49.2. The van der Waals surface area contributed by atoms with E-state index in [2.05, 4.69) is 63.3 Å². The van der Waals surface area contributed by atoms with Crippen molar-refractivity contribution in [3.63, 3.8) is 0 Å². The van der Waals surface area contributed by atoms with Crippen molar-refractivity contribution in [2.24, 2.45) is 5.92 Å². The largest absolute Gasteiger partial charge is 0.356 e. The fourth-order valence-corrected chi connectivity index (χ4v) is 5.93. The Balaban J connectivity index is 4.75. The molecule has 17 heteroatoms. The van der Waals surface area contributed by atoms with Gasteiger partial charge in [0.2, 0.25) is 29.5 Å². The van der Waals surface area contributed by atoms with Crippen LogP contribution in [0.5, 0.6) is 0 Å². The van der Waals surface area contributed by atoms with Gasteiger partial charge in [0, 0.05) is 31.6 Å². The molecule has 2 atom stereocenters. The minimum absolute atomic E-state index is 0.0311. The third-order valence-electron chi connectivity index (χ3n) is 8.88. The summed E-state index contributed by atoms with van der Waals surface area (Å²) in [5, 5.41) is 14.5. The van der Waals surface area contributed by atoms with Crippen LogP contribution >= 0.6 is 12.6 Å². The smallest absolute Gasteiger partial charge is 0.225 e. The van der Waals surface area contributed by atoms with Gasteiger partial charge in [-0.3, -0.25) is 28.8 Å². The number of ketones is 1. The number of unbranched alkanes of at least 4 members (excludes halogenated alkanes) is 1. The van der Waals surface area contributed by atoms with Gasteiger partial charge in [0.25, 0.3) is 0 Å². The average molecular weight is 764 g/mol. The second-order valence-electron chi connectivity index (χ2n) is 13.4. The van der Waals surface area contributed by atoms with E-state index < -0.39 is 0 Å². The SMILES string of the molecule is CCCCC(=O)CC[NH+](CCNC(=O)CC[NH+](CCS)CCC(=O)NCCC(CCC(=O)NCC[NH3+])CCC(=O)NCC[NH3+])CCC(=O)NCC[NH3+]. The van der Waals surface area contributed by atoms with Crippen molar-refractivity contribution in [1.29, 1.82) is 0 Å². The van der Waals surface area contributed by atoms with Gasteiger partial charge in [-0.15, -0.1) is 0 Å². The molecule has 52 heavy (non-hydrogen) atoms. The van der Waals surface area contributed by atoms with E-state index in [9.17, 15) is 28.8 Å². The van der Waals surface area contributed by atoms with Gasteiger partial charge in [-0.1, -0.05) is 13.3 Å². The van der Waals surface area contributed by atoms with Gasteiger partial charge in [-0.05, 0) is 31.6 Å². The van der Waals surface area contributed by atoms with Gasteiger partial charge in [-0.2, -0.15) is 12.6 Å². The Morgan fingerprint density at radius 2 is 0.904 bits per heavy atom. The van der Waals surface area contributed by atoms with Gasteiger partial charge >= 0.3 is 0 Å². The van der Waals surface area contributed by atoms with Gasteiger partial charge in [0.1, 0.15) is 5.78 Å². The van der Waals surface area contributed by atoms with Crippen LogP contribution in [0, 0.1) is 5.92 Å². The Morgan fingerprint density at radius 3 is 1.35 bits per heavy atom. The molecule has 302 valence electrons. The summed E-state index contributed by atoms with van der Waals surface area (Å²) in [7, 11) is 0. The molecule has 0 saturated heterocycles. The van der Waals surface area contributed by atoms with Gasteiger partial charge in [0.05, 0.1) is 111 Å².